The summed E-state index contributed by atoms with van der Waals surface area (Å²) in [6.07, 6.45) is 7.82. The molecule has 0 unspecified atom stereocenters. The average molecular weight is 594 g/mol. The summed E-state index contributed by atoms with van der Waals surface area (Å²) in [5.74, 6) is 0. The van der Waals surface area contributed by atoms with Gasteiger partial charge in [0.2, 0.25) is 0 Å². The number of aromatic nitrogens is 2. The number of para-hydroxylation sites is 5. The zero-order chi connectivity index (χ0) is 30.9. The van der Waals surface area contributed by atoms with Gasteiger partial charge in [0, 0.05) is 61.9 Å². The fraction of sp³-hybridized carbons (Fsp3) is 0.0698. The van der Waals surface area contributed by atoms with Gasteiger partial charge in [0.25, 0.3) is 0 Å². The molecule has 3 nitrogen and oxygen atoms in total. The molecule has 0 saturated carbocycles. The molecule has 6 aromatic carbocycles. The van der Waals surface area contributed by atoms with Crippen LogP contribution in [0, 0.1) is 0 Å². The second-order valence-electron chi connectivity index (χ2n) is 11.6. The Bertz CT molecular complexity index is 2260. The molecule has 46 heavy (non-hydrogen) atoms. The largest absolute Gasteiger partial charge is 0.337 e. The lowest BCUT2D eigenvalue weighted by atomic mass is 10.1. The van der Waals surface area contributed by atoms with E-state index in [0.29, 0.717) is 0 Å². The zero-order valence-corrected chi connectivity index (χ0v) is 25.9. The first-order chi connectivity index (χ1) is 22.8. The highest BCUT2D eigenvalue weighted by Crippen LogP contribution is 2.35. The van der Waals surface area contributed by atoms with Crippen molar-refractivity contribution in [1.82, 2.24) is 9.13 Å². The molecule has 8 aromatic rings. The molecule has 0 spiro atoms. The van der Waals surface area contributed by atoms with E-state index in [2.05, 4.69) is 191 Å². The molecule has 222 valence electrons. The van der Waals surface area contributed by atoms with Crippen molar-refractivity contribution in [2.75, 3.05) is 4.90 Å². The fourth-order valence-electron chi connectivity index (χ4n) is 6.90. The maximum absolute atomic E-state index is 2.41. The van der Waals surface area contributed by atoms with Gasteiger partial charge >= 0.3 is 0 Å². The van der Waals surface area contributed by atoms with Crippen molar-refractivity contribution in [3.63, 3.8) is 0 Å². The number of hydrogen-bond donors (Lipinski definition) is 0. The summed E-state index contributed by atoms with van der Waals surface area (Å²) in [5.41, 5.74) is 9.51. The van der Waals surface area contributed by atoms with E-state index in [9.17, 15) is 0 Å². The standard InChI is InChI=1S/C43H35N3/c1-2-15-32(18-14-31-44-40-23-10-6-19-36(40)37-20-7-11-24-41(37)44)45(33-16-4-3-5-17-33)34-27-29-35(30-28-34)46-42-25-12-8-21-38(42)39-22-9-13-26-43(39)46/h3-30H,2,31H2,1H3/b18-14-,32-15+. The average Bonchev–Trinajstić information content (AvgIpc) is 3.62. The predicted molar refractivity (Wildman–Crippen MR) is 196 cm³/mol. The third-order valence-electron chi connectivity index (χ3n) is 8.89. The van der Waals surface area contributed by atoms with E-state index in [1.807, 2.05) is 0 Å². The Hall–Kier alpha value is -5.80. The molecule has 3 heteroatoms. The summed E-state index contributed by atoms with van der Waals surface area (Å²) in [6, 6.07) is 54.4. The summed E-state index contributed by atoms with van der Waals surface area (Å²) in [4.78, 5) is 2.36. The molecule has 0 amide bonds. The first-order valence-corrected chi connectivity index (χ1v) is 16.1. The molecule has 0 aliphatic rings. The predicted octanol–water partition coefficient (Wildman–Crippen LogP) is 11.6. The van der Waals surface area contributed by atoms with Crippen molar-refractivity contribution in [2.45, 2.75) is 19.9 Å². The minimum absolute atomic E-state index is 0.782. The number of rotatable bonds is 8. The van der Waals surface area contributed by atoms with E-state index < -0.39 is 0 Å². The van der Waals surface area contributed by atoms with Gasteiger partial charge in [-0.05, 0) is 73.2 Å². The Morgan fingerprint density at radius 1 is 0.522 bits per heavy atom. The summed E-state index contributed by atoms with van der Waals surface area (Å²) < 4.78 is 4.79. The van der Waals surface area contributed by atoms with Gasteiger partial charge in [-0.3, -0.25) is 0 Å². The van der Waals surface area contributed by atoms with Crippen molar-refractivity contribution < 1.29 is 0 Å². The fourth-order valence-corrected chi connectivity index (χ4v) is 6.90. The van der Waals surface area contributed by atoms with Gasteiger partial charge in [-0.15, -0.1) is 0 Å². The third-order valence-corrected chi connectivity index (χ3v) is 8.89. The van der Waals surface area contributed by atoms with Crippen molar-refractivity contribution >= 4 is 55.0 Å². The lowest BCUT2D eigenvalue weighted by Crippen LogP contribution is -2.15. The molecule has 0 aliphatic carbocycles. The van der Waals surface area contributed by atoms with Crippen LogP contribution in [0.15, 0.2) is 176 Å². The molecule has 8 rings (SSSR count). The second-order valence-corrected chi connectivity index (χ2v) is 11.6. The Kier molecular flexibility index (Phi) is 7.20. The highest BCUT2D eigenvalue weighted by Gasteiger charge is 2.16. The van der Waals surface area contributed by atoms with Crippen LogP contribution in [0.25, 0.3) is 49.3 Å². The monoisotopic (exact) mass is 593 g/mol. The Morgan fingerprint density at radius 2 is 0.978 bits per heavy atom. The minimum Gasteiger partial charge on any atom is -0.337 e. The zero-order valence-electron chi connectivity index (χ0n) is 25.9. The number of allylic oxidation sites excluding steroid dienone is 3. The van der Waals surface area contributed by atoms with Crippen molar-refractivity contribution in [1.29, 1.82) is 0 Å². The number of anilines is 2. The Morgan fingerprint density at radius 3 is 1.52 bits per heavy atom. The van der Waals surface area contributed by atoms with E-state index in [-0.39, 0.29) is 0 Å². The maximum atomic E-state index is 2.41. The summed E-state index contributed by atoms with van der Waals surface area (Å²) in [5, 5.41) is 5.14. The van der Waals surface area contributed by atoms with E-state index in [4.69, 9.17) is 0 Å². The molecular formula is C43H35N3. The molecule has 0 fully saturated rings. The normalized spacial score (nSPS) is 12.2. The second kappa shape index (κ2) is 11.9. The van der Waals surface area contributed by atoms with Crippen LogP contribution in [0.4, 0.5) is 11.4 Å². The number of hydrogen-bond acceptors (Lipinski definition) is 1. The van der Waals surface area contributed by atoms with Crippen LogP contribution in [0.5, 0.6) is 0 Å². The Balaban J connectivity index is 1.18. The lowest BCUT2D eigenvalue weighted by molar-refractivity contribution is 0.897. The minimum atomic E-state index is 0.782. The van der Waals surface area contributed by atoms with Gasteiger partial charge in [0.1, 0.15) is 0 Å². The topological polar surface area (TPSA) is 13.1 Å². The molecule has 0 aliphatic heterocycles. The molecule has 2 heterocycles. The molecule has 2 aromatic heterocycles. The van der Waals surface area contributed by atoms with Crippen molar-refractivity contribution in [3.05, 3.63) is 176 Å². The van der Waals surface area contributed by atoms with Crippen LogP contribution in [-0.4, -0.2) is 9.13 Å². The molecule has 0 bridgehead atoms. The van der Waals surface area contributed by atoms with E-state index >= 15 is 0 Å². The summed E-state index contributed by atoms with van der Waals surface area (Å²) in [7, 11) is 0. The Labute approximate surface area is 269 Å². The first kappa shape index (κ1) is 27.7. The van der Waals surface area contributed by atoms with Gasteiger partial charge in [0.05, 0.1) is 11.0 Å². The van der Waals surface area contributed by atoms with Gasteiger partial charge in [-0.2, -0.15) is 0 Å². The van der Waals surface area contributed by atoms with Gasteiger partial charge < -0.3 is 14.0 Å². The number of benzene rings is 6. The number of fused-ring (bicyclic) bond motifs is 6. The molecule has 0 N–H and O–H groups in total. The van der Waals surface area contributed by atoms with Gasteiger partial charge in [0.15, 0.2) is 0 Å². The molecule has 0 atom stereocenters. The van der Waals surface area contributed by atoms with E-state index in [0.717, 1.165) is 35.7 Å². The molecular weight excluding hydrogens is 558 g/mol. The lowest BCUT2D eigenvalue weighted by Gasteiger charge is -2.27. The quantitative estimate of drug-likeness (QED) is 0.160. The molecule has 0 saturated heterocycles. The van der Waals surface area contributed by atoms with Crippen LogP contribution in [0.2, 0.25) is 0 Å². The van der Waals surface area contributed by atoms with Crippen LogP contribution in [0.3, 0.4) is 0 Å². The smallest absolute Gasteiger partial charge is 0.0541 e. The van der Waals surface area contributed by atoms with Crippen LogP contribution in [0.1, 0.15) is 13.3 Å². The van der Waals surface area contributed by atoms with E-state index in [1.54, 1.807) is 0 Å². The first-order valence-electron chi connectivity index (χ1n) is 16.1. The van der Waals surface area contributed by atoms with Crippen LogP contribution in [-0.2, 0) is 6.54 Å². The van der Waals surface area contributed by atoms with Crippen LogP contribution >= 0.6 is 0 Å². The van der Waals surface area contributed by atoms with E-state index in [1.165, 1.54) is 43.6 Å². The summed E-state index contributed by atoms with van der Waals surface area (Å²) >= 11 is 0. The number of nitrogens with zero attached hydrogens (tertiary/aromatic N) is 3. The highest BCUT2D eigenvalue weighted by molar-refractivity contribution is 6.09. The van der Waals surface area contributed by atoms with Gasteiger partial charge in [-0.25, -0.2) is 0 Å². The SMILES string of the molecule is CC/C=C(\C=C/Cn1c2ccccc2c2ccccc21)N(c1ccccc1)c1ccc(-n2c3ccccc3c3ccccc32)cc1. The maximum Gasteiger partial charge on any atom is 0.0541 e. The summed E-state index contributed by atoms with van der Waals surface area (Å²) in [6.45, 7) is 2.99. The van der Waals surface area contributed by atoms with Crippen LogP contribution < -0.4 is 4.90 Å². The highest BCUT2D eigenvalue weighted by atomic mass is 15.1. The van der Waals surface area contributed by atoms with Crippen molar-refractivity contribution in [3.8, 4) is 5.69 Å². The van der Waals surface area contributed by atoms with Gasteiger partial charge in [-0.1, -0.05) is 110 Å². The third kappa shape index (κ3) is 4.78. The van der Waals surface area contributed by atoms with Crippen molar-refractivity contribution in [2.24, 2.45) is 0 Å². The molecule has 0 radical (unpaired) electrons.